The van der Waals surface area contributed by atoms with Crippen LogP contribution in [0.4, 0.5) is 0 Å². The fourth-order valence-corrected chi connectivity index (χ4v) is 2.68. The topological polar surface area (TPSA) is 199 Å². The molecule has 0 unspecified atom stereocenters. The molecule has 0 aromatic rings. The molecule has 12 heteroatoms. The molecule has 0 aliphatic carbocycles. The molecule has 0 amide bonds. The Morgan fingerprint density at radius 1 is 0.880 bits per heavy atom. The van der Waals surface area contributed by atoms with E-state index in [0.29, 0.717) is 0 Å². The van der Waals surface area contributed by atoms with Crippen molar-refractivity contribution in [2.24, 2.45) is 0 Å². The van der Waals surface area contributed by atoms with Crippen molar-refractivity contribution < 1.29 is 59.8 Å². The first-order valence-corrected chi connectivity index (χ1v) is 7.58. The number of hydrogen-bond acceptors (Lipinski definition) is 12. The van der Waals surface area contributed by atoms with Crippen LogP contribution in [0.25, 0.3) is 0 Å². The molecule has 12 nitrogen and oxygen atoms in total. The molecule has 0 spiro atoms. The van der Waals surface area contributed by atoms with Crippen LogP contribution in [0, 0.1) is 0 Å². The summed E-state index contributed by atoms with van der Waals surface area (Å²) in [5.41, 5.74) is 0. The zero-order valence-corrected chi connectivity index (χ0v) is 13.3. The van der Waals surface area contributed by atoms with Gasteiger partial charge in [0.2, 0.25) is 0 Å². The Balaban J connectivity index is 2.02. The lowest BCUT2D eigenvalue weighted by Crippen LogP contribution is -2.66. The predicted molar refractivity (Wildman–Crippen MR) is 74.6 cm³/mol. The van der Waals surface area contributed by atoms with Crippen LogP contribution in [0.15, 0.2) is 0 Å². The van der Waals surface area contributed by atoms with Crippen LogP contribution in [0.2, 0.25) is 0 Å². The van der Waals surface area contributed by atoms with Gasteiger partial charge >= 0.3 is 5.97 Å². The number of aliphatic hydroxyl groups is 8. The maximum absolute atomic E-state index is 9.95. The summed E-state index contributed by atoms with van der Waals surface area (Å²) in [6, 6.07) is 0. The van der Waals surface area contributed by atoms with Gasteiger partial charge in [-0.3, -0.25) is 0 Å². The van der Waals surface area contributed by atoms with Gasteiger partial charge in [-0.05, 0) is 0 Å². The van der Waals surface area contributed by atoms with Gasteiger partial charge < -0.3 is 59.8 Å². The fraction of sp³-hybridized carbons (Fsp3) is 1.00. The number of rotatable bonds is 5. The Kier molecular flexibility index (Phi) is 6.70. The van der Waals surface area contributed by atoms with Gasteiger partial charge in [0, 0.05) is 7.11 Å². The van der Waals surface area contributed by atoms with E-state index in [1.165, 1.54) is 0 Å². The molecule has 10 atom stereocenters. The normalized spacial score (nSPS) is 51.5. The molecular formula is C13H24O12. The molecule has 8 N–H and O–H groups in total. The van der Waals surface area contributed by atoms with Gasteiger partial charge in [0.1, 0.15) is 42.7 Å². The molecule has 2 saturated heterocycles. The van der Waals surface area contributed by atoms with Crippen molar-refractivity contribution in [1.29, 1.82) is 0 Å². The predicted octanol–water partition coefficient (Wildman–Crippen LogP) is -5.42. The van der Waals surface area contributed by atoms with Crippen LogP contribution >= 0.6 is 0 Å². The molecule has 2 heterocycles. The third-order valence-corrected chi connectivity index (χ3v) is 4.31. The summed E-state index contributed by atoms with van der Waals surface area (Å²) >= 11 is 0. The summed E-state index contributed by atoms with van der Waals surface area (Å²) in [4.78, 5) is 0. The number of methoxy groups -OCH3 is 1. The SMILES string of the molecule is CO[C@]1(O)O[C@H](CO[C@H]2O[C@H](CO)[C@@H](O)[C@H](O)[C@@H]2O)[C@@H](O)[C@H](O)[C@@H]1O. The molecule has 0 bridgehead atoms. The van der Waals surface area contributed by atoms with E-state index in [2.05, 4.69) is 4.74 Å². The van der Waals surface area contributed by atoms with Crippen LogP contribution in [0.5, 0.6) is 0 Å². The quantitative estimate of drug-likeness (QED) is 0.213. The summed E-state index contributed by atoms with van der Waals surface area (Å²) in [5, 5.41) is 77.6. The number of aliphatic hydroxyl groups excluding tert-OH is 7. The first-order chi connectivity index (χ1) is 11.7. The van der Waals surface area contributed by atoms with Crippen molar-refractivity contribution in [3.05, 3.63) is 0 Å². The Hall–Kier alpha value is -0.480. The summed E-state index contributed by atoms with van der Waals surface area (Å²) in [6.07, 6.45) is -14.4. The third-order valence-electron chi connectivity index (χ3n) is 4.31. The van der Waals surface area contributed by atoms with Crippen molar-refractivity contribution in [1.82, 2.24) is 0 Å². The molecule has 2 fully saturated rings. The van der Waals surface area contributed by atoms with Crippen molar-refractivity contribution in [3.8, 4) is 0 Å². The van der Waals surface area contributed by atoms with Gasteiger partial charge in [-0.15, -0.1) is 0 Å². The molecule has 0 radical (unpaired) electrons. The second kappa shape index (κ2) is 8.04. The van der Waals surface area contributed by atoms with Crippen LogP contribution in [-0.2, 0) is 18.9 Å². The number of ether oxygens (including phenoxy) is 4. The van der Waals surface area contributed by atoms with Crippen molar-refractivity contribution in [3.63, 3.8) is 0 Å². The van der Waals surface area contributed by atoms with E-state index in [1.807, 2.05) is 0 Å². The summed E-state index contributed by atoms with van der Waals surface area (Å²) in [6.45, 7) is -1.21. The van der Waals surface area contributed by atoms with E-state index in [-0.39, 0.29) is 0 Å². The van der Waals surface area contributed by atoms with Crippen LogP contribution < -0.4 is 0 Å². The maximum atomic E-state index is 9.95. The first kappa shape index (κ1) is 20.8. The van der Waals surface area contributed by atoms with Gasteiger partial charge in [-0.25, -0.2) is 0 Å². The second-order valence-corrected chi connectivity index (χ2v) is 5.95. The summed E-state index contributed by atoms with van der Waals surface area (Å²) < 4.78 is 19.9. The molecule has 0 saturated carbocycles. The molecule has 25 heavy (non-hydrogen) atoms. The average Bonchev–Trinajstić information content (AvgIpc) is 2.61. The van der Waals surface area contributed by atoms with Crippen molar-refractivity contribution >= 4 is 0 Å². The van der Waals surface area contributed by atoms with Crippen molar-refractivity contribution in [2.45, 2.75) is 61.1 Å². The lowest BCUT2D eigenvalue weighted by atomic mass is 9.97. The van der Waals surface area contributed by atoms with E-state index in [1.54, 1.807) is 0 Å². The van der Waals surface area contributed by atoms with E-state index < -0.39 is 74.3 Å². The van der Waals surface area contributed by atoms with Crippen LogP contribution in [0.3, 0.4) is 0 Å². The Morgan fingerprint density at radius 2 is 1.48 bits per heavy atom. The standard InChI is InChI=1S/C13H24O12/c1-22-13(21)11(20)9(18)7(16)5(25-13)3-23-12-10(19)8(17)6(15)4(2-14)24-12/h4-12,14-21H,2-3H2,1H3/t4-,5-,6-,7-,8+,9+,10+,11+,12+,13+/m1/s1. The highest BCUT2D eigenvalue weighted by Gasteiger charge is 2.54. The van der Waals surface area contributed by atoms with Gasteiger partial charge in [-0.2, -0.15) is 0 Å². The number of hydrogen-bond donors (Lipinski definition) is 8. The lowest BCUT2D eigenvalue weighted by Gasteiger charge is -2.45. The molecule has 148 valence electrons. The molecule has 0 aromatic heterocycles. The minimum atomic E-state index is -2.60. The van der Waals surface area contributed by atoms with Gasteiger partial charge in [0.15, 0.2) is 12.4 Å². The highest BCUT2D eigenvalue weighted by Crippen LogP contribution is 2.30. The van der Waals surface area contributed by atoms with Crippen LogP contribution in [0.1, 0.15) is 0 Å². The van der Waals surface area contributed by atoms with Crippen LogP contribution in [-0.4, -0.2) is 122 Å². The van der Waals surface area contributed by atoms with E-state index >= 15 is 0 Å². The Bertz CT molecular complexity index is 435. The zero-order chi connectivity index (χ0) is 18.9. The monoisotopic (exact) mass is 372 g/mol. The largest absolute Gasteiger partial charge is 0.394 e. The maximum Gasteiger partial charge on any atom is 0.311 e. The molecule has 2 aliphatic heterocycles. The van der Waals surface area contributed by atoms with E-state index in [4.69, 9.17) is 19.3 Å². The van der Waals surface area contributed by atoms with Crippen molar-refractivity contribution in [2.75, 3.05) is 20.3 Å². The molecule has 2 rings (SSSR count). The zero-order valence-electron chi connectivity index (χ0n) is 13.3. The highest BCUT2D eigenvalue weighted by atomic mass is 16.8. The first-order valence-electron chi connectivity index (χ1n) is 7.58. The Morgan fingerprint density at radius 3 is 2.04 bits per heavy atom. The van der Waals surface area contributed by atoms with Gasteiger partial charge in [0.05, 0.1) is 13.2 Å². The van der Waals surface area contributed by atoms with Gasteiger partial charge in [0.25, 0.3) is 0 Å². The van der Waals surface area contributed by atoms with E-state index in [0.717, 1.165) is 7.11 Å². The minimum Gasteiger partial charge on any atom is -0.394 e. The Labute approximate surface area is 142 Å². The lowest BCUT2D eigenvalue weighted by molar-refractivity contribution is -0.445. The average molecular weight is 372 g/mol. The van der Waals surface area contributed by atoms with Gasteiger partial charge in [-0.1, -0.05) is 0 Å². The molecular weight excluding hydrogens is 348 g/mol. The fourth-order valence-electron chi connectivity index (χ4n) is 2.68. The minimum absolute atomic E-state index is 0.556. The smallest absolute Gasteiger partial charge is 0.311 e. The molecule has 2 aliphatic rings. The van der Waals surface area contributed by atoms with E-state index in [9.17, 15) is 35.7 Å². The highest BCUT2D eigenvalue weighted by molar-refractivity contribution is 4.93. The third kappa shape index (κ3) is 3.95. The summed E-state index contributed by atoms with van der Waals surface area (Å²) in [5.74, 6) is -2.60. The second-order valence-electron chi connectivity index (χ2n) is 5.95. The molecule has 0 aromatic carbocycles. The summed E-state index contributed by atoms with van der Waals surface area (Å²) in [7, 11) is 1.00.